The van der Waals surface area contributed by atoms with Crippen molar-refractivity contribution in [1.82, 2.24) is 5.32 Å². The van der Waals surface area contributed by atoms with Crippen LogP contribution in [0.4, 0.5) is 5.69 Å². The number of halogens is 1. The SMILES string of the molecule is COc1ccc(S(=O)(=O)N(Cc2ccccc2)c2ccccc2C(=O)NCCSCc2ccc(Cl)cc2)cc1. The first-order chi connectivity index (χ1) is 18.9. The number of anilines is 1. The minimum atomic E-state index is -4.01. The molecule has 0 heterocycles. The molecule has 9 heteroatoms. The van der Waals surface area contributed by atoms with E-state index in [1.54, 1.807) is 48.2 Å². The Balaban J connectivity index is 1.54. The zero-order chi connectivity index (χ0) is 27.7. The van der Waals surface area contributed by atoms with Crippen LogP contribution in [0.15, 0.2) is 108 Å². The summed E-state index contributed by atoms with van der Waals surface area (Å²) in [5, 5.41) is 3.64. The van der Waals surface area contributed by atoms with Crippen LogP contribution in [0.3, 0.4) is 0 Å². The topological polar surface area (TPSA) is 75.7 Å². The van der Waals surface area contributed by atoms with E-state index in [1.165, 1.54) is 23.5 Å². The molecule has 0 atom stereocenters. The summed E-state index contributed by atoms with van der Waals surface area (Å²) in [5.41, 5.74) is 2.54. The lowest BCUT2D eigenvalue weighted by Crippen LogP contribution is -2.34. The van der Waals surface area contributed by atoms with Gasteiger partial charge in [0.15, 0.2) is 0 Å². The first kappa shape index (κ1) is 28.5. The number of benzene rings is 4. The molecular formula is C30H29ClN2O4S2. The highest BCUT2D eigenvalue weighted by atomic mass is 35.5. The van der Waals surface area contributed by atoms with Gasteiger partial charge >= 0.3 is 0 Å². The van der Waals surface area contributed by atoms with Crippen LogP contribution in [-0.4, -0.2) is 33.7 Å². The molecule has 0 aromatic heterocycles. The smallest absolute Gasteiger partial charge is 0.264 e. The molecule has 4 aromatic carbocycles. The van der Waals surface area contributed by atoms with E-state index in [2.05, 4.69) is 5.32 Å². The minimum absolute atomic E-state index is 0.0659. The van der Waals surface area contributed by atoms with Crippen LogP contribution in [0.2, 0.25) is 5.02 Å². The van der Waals surface area contributed by atoms with Gasteiger partial charge in [0.05, 0.1) is 29.8 Å². The van der Waals surface area contributed by atoms with Crippen molar-refractivity contribution >= 4 is 45.0 Å². The largest absolute Gasteiger partial charge is 0.497 e. The number of methoxy groups -OCH3 is 1. The molecule has 0 saturated heterocycles. The highest BCUT2D eigenvalue weighted by Crippen LogP contribution is 2.30. The fourth-order valence-electron chi connectivity index (χ4n) is 3.91. The molecule has 4 rings (SSSR count). The van der Waals surface area contributed by atoms with Gasteiger partial charge in [0.1, 0.15) is 5.75 Å². The summed E-state index contributed by atoms with van der Waals surface area (Å²) in [7, 11) is -2.49. The Morgan fingerprint density at radius 1 is 0.872 bits per heavy atom. The zero-order valence-corrected chi connectivity index (χ0v) is 23.8. The van der Waals surface area contributed by atoms with Gasteiger partial charge < -0.3 is 10.1 Å². The van der Waals surface area contributed by atoms with Gasteiger partial charge in [-0.3, -0.25) is 9.10 Å². The Morgan fingerprint density at radius 2 is 1.54 bits per heavy atom. The van der Waals surface area contributed by atoms with E-state index >= 15 is 0 Å². The van der Waals surface area contributed by atoms with Crippen LogP contribution in [-0.2, 0) is 22.3 Å². The monoisotopic (exact) mass is 580 g/mol. The number of ether oxygens (including phenoxy) is 1. The van der Waals surface area contributed by atoms with E-state index in [-0.39, 0.29) is 22.9 Å². The van der Waals surface area contributed by atoms with Gasteiger partial charge in [-0.25, -0.2) is 8.42 Å². The van der Waals surface area contributed by atoms with Crippen molar-refractivity contribution in [3.05, 3.63) is 125 Å². The van der Waals surface area contributed by atoms with E-state index in [1.807, 2.05) is 54.6 Å². The van der Waals surface area contributed by atoms with Crippen molar-refractivity contribution in [3.8, 4) is 5.75 Å². The van der Waals surface area contributed by atoms with Gasteiger partial charge in [-0.2, -0.15) is 11.8 Å². The van der Waals surface area contributed by atoms with Crippen LogP contribution in [0.1, 0.15) is 21.5 Å². The number of para-hydroxylation sites is 1. The maximum absolute atomic E-state index is 13.9. The fourth-order valence-corrected chi connectivity index (χ4v) is 6.33. The second kappa shape index (κ2) is 13.6. The fraction of sp³-hybridized carbons (Fsp3) is 0.167. The van der Waals surface area contributed by atoms with E-state index in [9.17, 15) is 13.2 Å². The molecule has 0 aliphatic carbocycles. The zero-order valence-electron chi connectivity index (χ0n) is 21.4. The lowest BCUT2D eigenvalue weighted by molar-refractivity contribution is 0.0957. The molecule has 0 spiro atoms. The molecule has 0 saturated carbocycles. The second-order valence-electron chi connectivity index (χ2n) is 8.62. The third kappa shape index (κ3) is 7.56. The Bertz CT molecular complexity index is 1480. The predicted octanol–water partition coefficient (Wildman–Crippen LogP) is 6.41. The number of nitrogens with zero attached hydrogens (tertiary/aromatic N) is 1. The summed E-state index contributed by atoms with van der Waals surface area (Å²) in [5.74, 6) is 1.72. The molecule has 202 valence electrons. The molecule has 0 unspecified atom stereocenters. The van der Waals surface area contributed by atoms with E-state index < -0.39 is 10.0 Å². The third-order valence-electron chi connectivity index (χ3n) is 5.95. The van der Waals surface area contributed by atoms with Crippen LogP contribution in [0, 0.1) is 0 Å². The van der Waals surface area contributed by atoms with E-state index in [0.29, 0.717) is 28.8 Å². The molecule has 0 aliphatic heterocycles. The lowest BCUT2D eigenvalue weighted by atomic mass is 10.1. The van der Waals surface area contributed by atoms with Crippen molar-refractivity contribution in [2.75, 3.05) is 23.7 Å². The quantitative estimate of drug-likeness (QED) is 0.196. The summed E-state index contributed by atoms with van der Waals surface area (Å²) in [4.78, 5) is 13.4. The molecule has 0 bridgehead atoms. The molecule has 39 heavy (non-hydrogen) atoms. The molecule has 1 N–H and O–H groups in total. The highest BCUT2D eigenvalue weighted by Gasteiger charge is 2.28. The number of amides is 1. The molecule has 0 fully saturated rings. The Morgan fingerprint density at radius 3 is 2.23 bits per heavy atom. The Hall–Kier alpha value is -3.46. The Labute approximate surface area is 239 Å². The molecule has 0 radical (unpaired) electrons. The van der Waals surface area contributed by atoms with Crippen LogP contribution in [0.5, 0.6) is 5.75 Å². The Kier molecular flexibility index (Phi) is 9.92. The van der Waals surface area contributed by atoms with E-state index in [4.69, 9.17) is 16.3 Å². The van der Waals surface area contributed by atoms with E-state index in [0.717, 1.165) is 16.9 Å². The number of hydrogen-bond donors (Lipinski definition) is 1. The summed E-state index contributed by atoms with van der Waals surface area (Å²) < 4.78 is 34.3. The van der Waals surface area contributed by atoms with Crippen LogP contribution < -0.4 is 14.4 Å². The van der Waals surface area contributed by atoms with Crippen molar-refractivity contribution in [2.24, 2.45) is 0 Å². The number of rotatable bonds is 12. The number of thioether (sulfide) groups is 1. The number of hydrogen-bond acceptors (Lipinski definition) is 5. The van der Waals surface area contributed by atoms with Crippen LogP contribution in [0.25, 0.3) is 0 Å². The molecule has 1 amide bonds. The normalized spacial score (nSPS) is 11.1. The third-order valence-corrected chi connectivity index (χ3v) is 9.00. The summed E-state index contributed by atoms with van der Waals surface area (Å²) in [6.07, 6.45) is 0. The average molecular weight is 581 g/mol. The first-order valence-corrected chi connectivity index (χ1v) is 15.3. The van der Waals surface area contributed by atoms with Crippen LogP contribution >= 0.6 is 23.4 Å². The molecule has 4 aromatic rings. The average Bonchev–Trinajstić information content (AvgIpc) is 2.97. The van der Waals surface area contributed by atoms with Gasteiger partial charge in [0.2, 0.25) is 0 Å². The number of carbonyl (C=O) groups is 1. The first-order valence-electron chi connectivity index (χ1n) is 12.3. The summed E-state index contributed by atoms with van der Waals surface area (Å²) >= 11 is 7.64. The van der Waals surface area contributed by atoms with Crippen molar-refractivity contribution in [1.29, 1.82) is 0 Å². The second-order valence-corrected chi connectivity index (χ2v) is 12.0. The molecule has 0 aliphatic rings. The van der Waals surface area contributed by atoms with Gasteiger partial charge in [0.25, 0.3) is 15.9 Å². The maximum Gasteiger partial charge on any atom is 0.264 e. The van der Waals surface area contributed by atoms with Gasteiger partial charge in [-0.1, -0.05) is 66.2 Å². The molecular weight excluding hydrogens is 552 g/mol. The van der Waals surface area contributed by atoms with Crippen molar-refractivity contribution in [2.45, 2.75) is 17.2 Å². The van der Waals surface area contributed by atoms with Crippen molar-refractivity contribution in [3.63, 3.8) is 0 Å². The minimum Gasteiger partial charge on any atom is -0.497 e. The highest BCUT2D eigenvalue weighted by molar-refractivity contribution is 7.98. The van der Waals surface area contributed by atoms with Gasteiger partial charge in [0, 0.05) is 23.1 Å². The van der Waals surface area contributed by atoms with Crippen molar-refractivity contribution < 1.29 is 17.9 Å². The van der Waals surface area contributed by atoms with Gasteiger partial charge in [-0.05, 0) is 59.7 Å². The summed E-state index contributed by atoms with van der Waals surface area (Å²) in [6, 6.07) is 30.0. The number of sulfonamides is 1. The predicted molar refractivity (Wildman–Crippen MR) is 159 cm³/mol. The van der Waals surface area contributed by atoms with Gasteiger partial charge in [-0.15, -0.1) is 0 Å². The lowest BCUT2D eigenvalue weighted by Gasteiger charge is -2.26. The summed E-state index contributed by atoms with van der Waals surface area (Å²) in [6.45, 7) is 0.506. The number of nitrogens with one attached hydrogen (secondary N) is 1. The standard InChI is InChI=1S/C30H29ClN2O4S2/c1-37-26-15-17-27(18-16-26)39(35,36)33(21-23-7-3-2-4-8-23)29-10-6-5-9-28(29)30(34)32-19-20-38-22-24-11-13-25(31)14-12-24/h2-18H,19-22H2,1H3,(H,32,34). The maximum atomic E-state index is 13.9. The number of carbonyl (C=O) groups excluding carboxylic acids is 1. The molecule has 6 nitrogen and oxygen atoms in total.